The molecule has 0 aromatic heterocycles. The summed E-state index contributed by atoms with van der Waals surface area (Å²) in [6.07, 6.45) is 1.53. The van der Waals surface area contributed by atoms with Crippen LogP contribution in [0, 0.1) is 11.3 Å². The van der Waals surface area contributed by atoms with Crippen LogP contribution in [0.25, 0.3) is 0 Å². The highest BCUT2D eigenvalue weighted by atomic mass is 35.5. The van der Waals surface area contributed by atoms with Gasteiger partial charge in [-0.2, -0.15) is 5.26 Å². The predicted octanol–water partition coefficient (Wildman–Crippen LogP) is 6.14. The van der Waals surface area contributed by atoms with E-state index in [1.165, 1.54) is 5.56 Å². The topological polar surface area (TPSA) is 50.1 Å². The Balaban J connectivity index is 1.68. The molecule has 1 aliphatic carbocycles. The fourth-order valence-corrected chi connectivity index (χ4v) is 4.43. The van der Waals surface area contributed by atoms with E-state index in [2.05, 4.69) is 19.1 Å². The lowest BCUT2D eigenvalue weighted by Crippen LogP contribution is -2.22. The van der Waals surface area contributed by atoms with Gasteiger partial charge >= 0.3 is 5.97 Å². The minimum Gasteiger partial charge on any atom is -0.421 e. The van der Waals surface area contributed by atoms with Crippen LogP contribution in [-0.2, 0) is 18.3 Å². The highest BCUT2D eigenvalue weighted by Gasteiger charge is 2.37. The van der Waals surface area contributed by atoms with E-state index in [4.69, 9.17) is 27.9 Å². The lowest BCUT2D eigenvalue weighted by Gasteiger charge is -2.24. The largest absolute Gasteiger partial charge is 0.421 e. The van der Waals surface area contributed by atoms with Gasteiger partial charge in [-0.05, 0) is 47.7 Å². The van der Waals surface area contributed by atoms with Crippen molar-refractivity contribution in [2.75, 3.05) is 0 Å². The van der Waals surface area contributed by atoms with Gasteiger partial charge in [-0.25, -0.2) is 4.79 Å². The summed E-state index contributed by atoms with van der Waals surface area (Å²) in [6, 6.07) is 20.6. The maximum atomic E-state index is 12.6. The molecule has 144 valence electrons. The molecule has 0 fully saturated rings. The number of carbonyl (C=O) groups is 1. The average molecular weight is 422 g/mol. The molecular formula is C24H17Cl2NO2. The van der Waals surface area contributed by atoms with Crippen LogP contribution in [0.3, 0.4) is 0 Å². The fraction of sp³-hybridized carbons (Fsp3) is 0.167. The first-order valence-electron chi connectivity index (χ1n) is 9.19. The van der Waals surface area contributed by atoms with Crippen LogP contribution in [0.4, 0.5) is 0 Å². The molecule has 0 aliphatic heterocycles. The molecule has 0 N–H and O–H groups in total. The Morgan fingerprint density at radius 2 is 1.72 bits per heavy atom. The van der Waals surface area contributed by atoms with Crippen molar-refractivity contribution in [3.05, 3.63) is 98.5 Å². The summed E-state index contributed by atoms with van der Waals surface area (Å²) in [7, 11) is 0. The molecule has 0 radical (unpaired) electrons. The molecule has 0 saturated heterocycles. The van der Waals surface area contributed by atoms with E-state index in [1.807, 2.05) is 24.3 Å². The third kappa shape index (κ3) is 3.51. The molecule has 0 heterocycles. The van der Waals surface area contributed by atoms with Gasteiger partial charge in [0.1, 0.15) is 11.1 Å². The molecule has 0 saturated carbocycles. The van der Waals surface area contributed by atoms with E-state index >= 15 is 0 Å². The van der Waals surface area contributed by atoms with Gasteiger partial charge in [-0.3, -0.25) is 0 Å². The van der Waals surface area contributed by atoms with Crippen LogP contribution >= 0.6 is 23.2 Å². The van der Waals surface area contributed by atoms with Crippen LogP contribution in [0.15, 0.2) is 60.7 Å². The zero-order valence-corrected chi connectivity index (χ0v) is 17.2. The molecule has 3 aromatic carbocycles. The van der Waals surface area contributed by atoms with Gasteiger partial charge in [0.15, 0.2) is 5.75 Å². The van der Waals surface area contributed by atoms with Crippen molar-refractivity contribution < 1.29 is 9.53 Å². The van der Waals surface area contributed by atoms with Crippen molar-refractivity contribution in [1.82, 2.24) is 0 Å². The molecular weight excluding hydrogens is 405 g/mol. The van der Waals surface area contributed by atoms with Gasteiger partial charge in [0.2, 0.25) is 0 Å². The predicted molar refractivity (Wildman–Crippen MR) is 114 cm³/mol. The SMILES string of the molecule is CC1(c2ccccc2)Cc2cc(OC(=O)c3ccccc3C#N)c(Cl)c(Cl)c2C1. The van der Waals surface area contributed by atoms with Crippen molar-refractivity contribution in [3.63, 3.8) is 0 Å². The van der Waals surface area contributed by atoms with Crippen LogP contribution in [-0.4, -0.2) is 5.97 Å². The van der Waals surface area contributed by atoms with Crippen LogP contribution in [0.5, 0.6) is 5.75 Å². The smallest absolute Gasteiger partial charge is 0.344 e. The number of hydrogen-bond donors (Lipinski definition) is 0. The van der Waals surface area contributed by atoms with Gasteiger partial charge in [0, 0.05) is 5.41 Å². The number of ether oxygens (including phenoxy) is 1. The summed E-state index contributed by atoms with van der Waals surface area (Å²) in [4.78, 5) is 12.6. The van der Waals surface area contributed by atoms with Crippen molar-refractivity contribution in [1.29, 1.82) is 5.26 Å². The standard InChI is InChI=1S/C24H17Cl2NO2/c1-24(17-8-3-2-4-9-17)12-16-11-20(22(26)21(25)19(16)13-24)29-23(28)18-10-6-5-7-15(18)14-27/h2-11H,12-13H2,1H3. The number of rotatable bonds is 3. The number of esters is 1. The number of hydrogen-bond acceptors (Lipinski definition) is 3. The zero-order chi connectivity index (χ0) is 20.6. The number of fused-ring (bicyclic) bond motifs is 1. The summed E-state index contributed by atoms with van der Waals surface area (Å²) in [6.45, 7) is 2.20. The molecule has 0 spiro atoms. The average Bonchev–Trinajstić information content (AvgIpc) is 3.10. The number of benzene rings is 3. The Morgan fingerprint density at radius 3 is 2.45 bits per heavy atom. The normalized spacial score (nSPS) is 17.4. The van der Waals surface area contributed by atoms with Crippen LogP contribution in [0.2, 0.25) is 10.0 Å². The van der Waals surface area contributed by atoms with Crippen molar-refractivity contribution in [2.45, 2.75) is 25.2 Å². The third-order valence-electron chi connectivity index (χ3n) is 5.46. The summed E-state index contributed by atoms with van der Waals surface area (Å²) in [5.74, 6) is -0.422. The summed E-state index contributed by atoms with van der Waals surface area (Å²) < 4.78 is 5.55. The molecule has 3 nitrogen and oxygen atoms in total. The maximum absolute atomic E-state index is 12.6. The minimum atomic E-state index is -0.635. The van der Waals surface area contributed by atoms with Gasteiger partial charge in [-0.1, -0.05) is 72.6 Å². The van der Waals surface area contributed by atoms with E-state index in [1.54, 1.807) is 30.3 Å². The molecule has 1 aliphatic rings. The fourth-order valence-electron chi connectivity index (χ4n) is 3.94. The van der Waals surface area contributed by atoms with Gasteiger partial charge < -0.3 is 4.74 Å². The van der Waals surface area contributed by atoms with Gasteiger partial charge in [0.25, 0.3) is 0 Å². The second kappa shape index (κ2) is 7.55. The van der Waals surface area contributed by atoms with Crippen molar-refractivity contribution in [2.24, 2.45) is 0 Å². The number of carbonyl (C=O) groups excluding carboxylic acids is 1. The van der Waals surface area contributed by atoms with E-state index in [0.29, 0.717) is 5.02 Å². The molecule has 4 rings (SSSR count). The quantitative estimate of drug-likeness (QED) is 0.376. The molecule has 5 heteroatoms. The third-order valence-corrected chi connectivity index (χ3v) is 6.34. The second-order valence-corrected chi connectivity index (χ2v) is 8.22. The van der Waals surface area contributed by atoms with Crippen LogP contribution in [0.1, 0.15) is 39.5 Å². The highest BCUT2D eigenvalue weighted by molar-refractivity contribution is 6.43. The Bertz CT molecular complexity index is 1150. The first-order chi connectivity index (χ1) is 13.9. The number of nitrogens with zero attached hydrogens (tertiary/aromatic N) is 1. The first kappa shape index (κ1) is 19.5. The Labute approximate surface area is 179 Å². The first-order valence-corrected chi connectivity index (χ1v) is 9.95. The monoisotopic (exact) mass is 421 g/mol. The molecule has 0 bridgehead atoms. The Kier molecular flexibility index (Phi) is 5.08. The molecule has 3 aromatic rings. The molecule has 29 heavy (non-hydrogen) atoms. The number of nitriles is 1. The summed E-state index contributed by atoms with van der Waals surface area (Å²) in [5.41, 5.74) is 3.56. The summed E-state index contributed by atoms with van der Waals surface area (Å²) in [5, 5.41) is 9.85. The zero-order valence-electron chi connectivity index (χ0n) is 15.7. The Morgan fingerprint density at radius 1 is 1.03 bits per heavy atom. The van der Waals surface area contributed by atoms with Gasteiger partial charge in [0.05, 0.1) is 16.1 Å². The minimum absolute atomic E-state index is 0.105. The van der Waals surface area contributed by atoms with E-state index < -0.39 is 5.97 Å². The van der Waals surface area contributed by atoms with Crippen LogP contribution < -0.4 is 4.74 Å². The highest BCUT2D eigenvalue weighted by Crippen LogP contribution is 2.47. The second-order valence-electron chi connectivity index (χ2n) is 7.47. The number of halogens is 2. The molecule has 1 unspecified atom stereocenters. The molecule has 1 atom stereocenters. The van der Waals surface area contributed by atoms with Gasteiger partial charge in [-0.15, -0.1) is 0 Å². The summed E-state index contributed by atoms with van der Waals surface area (Å²) >= 11 is 13.0. The Hall–Kier alpha value is -2.80. The molecule has 0 amide bonds. The van der Waals surface area contributed by atoms with E-state index in [0.717, 1.165) is 24.0 Å². The van der Waals surface area contributed by atoms with E-state index in [-0.39, 0.29) is 27.3 Å². The van der Waals surface area contributed by atoms with E-state index in [9.17, 15) is 10.1 Å². The van der Waals surface area contributed by atoms with Crippen molar-refractivity contribution >= 4 is 29.2 Å². The lowest BCUT2D eigenvalue weighted by atomic mass is 9.80. The van der Waals surface area contributed by atoms with Crippen molar-refractivity contribution in [3.8, 4) is 11.8 Å². The maximum Gasteiger partial charge on any atom is 0.344 e. The lowest BCUT2D eigenvalue weighted by molar-refractivity contribution is 0.0734.